The summed E-state index contributed by atoms with van der Waals surface area (Å²) in [6.07, 6.45) is 1.67. The van der Waals surface area contributed by atoms with Crippen LogP contribution in [0.15, 0.2) is 48.7 Å². The van der Waals surface area contributed by atoms with Gasteiger partial charge in [-0.15, -0.1) is 11.3 Å². The van der Waals surface area contributed by atoms with Crippen molar-refractivity contribution in [2.45, 2.75) is 39.7 Å². The largest absolute Gasteiger partial charge is 0.481 e. The number of aliphatic hydroxyl groups is 1. The van der Waals surface area contributed by atoms with E-state index in [1.165, 1.54) is 11.3 Å². The molecule has 5 rings (SSSR count). The van der Waals surface area contributed by atoms with Crippen molar-refractivity contribution in [1.82, 2.24) is 19.7 Å². The van der Waals surface area contributed by atoms with Gasteiger partial charge in [-0.1, -0.05) is 23.7 Å². The Morgan fingerprint density at radius 3 is 2.39 bits per heavy atom. The lowest BCUT2D eigenvalue weighted by molar-refractivity contribution is -0.136. The van der Waals surface area contributed by atoms with Crippen LogP contribution in [0.1, 0.15) is 31.9 Å². The maximum atomic E-state index is 11.6. The molecule has 0 aliphatic rings. The van der Waals surface area contributed by atoms with E-state index in [9.17, 15) is 9.90 Å². The first-order chi connectivity index (χ1) is 16.9. The molecule has 0 saturated heterocycles. The summed E-state index contributed by atoms with van der Waals surface area (Å²) in [5.41, 5.74) is 6.33. The van der Waals surface area contributed by atoms with E-state index >= 15 is 0 Å². The second kappa shape index (κ2) is 9.97. The molecule has 0 atom stereocenters. The van der Waals surface area contributed by atoms with E-state index in [-0.39, 0.29) is 6.42 Å². The number of nitrogens with zero attached hydrogens (tertiary/aromatic N) is 4. The number of aryl methyl sites for hydroxylation is 2. The van der Waals surface area contributed by atoms with Crippen LogP contribution in [0, 0.1) is 6.92 Å². The van der Waals surface area contributed by atoms with Gasteiger partial charge in [0.15, 0.2) is 0 Å². The number of fused-ring (bicyclic) bond motifs is 2. The van der Waals surface area contributed by atoms with E-state index in [0.29, 0.717) is 5.02 Å². The number of carboxylic acids is 1. The Bertz CT molecular complexity index is 1560. The summed E-state index contributed by atoms with van der Waals surface area (Å²) >= 11 is 7.60. The maximum Gasteiger partial charge on any atom is 0.307 e. The third kappa shape index (κ3) is 5.73. The molecule has 0 saturated carbocycles. The number of pyridine rings is 1. The van der Waals surface area contributed by atoms with Crippen molar-refractivity contribution in [2.24, 2.45) is 7.05 Å². The average molecular weight is 523 g/mol. The number of halogens is 1. The summed E-state index contributed by atoms with van der Waals surface area (Å²) in [7, 11) is 1.88. The molecule has 186 valence electrons. The Labute approximate surface area is 218 Å². The Kier molecular flexibility index (Phi) is 7.13. The normalized spacial score (nSPS) is 11.5. The molecule has 0 aliphatic carbocycles. The van der Waals surface area contributed by atoms with E-state index in [1.54, 1.807) is 31.6 Å². The molecule has 2 N–H and O–H groups in total. The second-order valence-corrected chi connectivity index (χ2v) is 11.0. The molecule has 2 aromatic carbocycles. The van der Waals surface area contributed by atoms with Crippen molar-refractivity contribution in [3.8, 4) is 21.8 Å². The van der Waals surface area contributed by atoms with Gasteiger partial charge in [0.25, 0.3) is 0 Å². The lowest BCUT2D eigenvalue weighted by Crippen LogP contribution is -2.10. The summed E-state index contributed by atoms with van der Waals surface area (Å²) in [5.74, 6) is -0.869. The molecular formula is C27H27ClN4O3S. The third-order valence-corrected chi connectivity index (χ3v) is 6.66. The van der Waals surface area contributed by atoms with Gasteiger partial charge in [0.05, 0.1) is 39.6 Å². The molecule has 0 amide bonds. The fraction of sp³-hybridized carbons (Fsp3) is 0.259. The van der Waals surface area contributed by atoms with Crippen molar-refractivity contribution >= 4 is 50.2 Å². The lowest BCUT2D eigenvalue weighted by atomic mass is 9.93. The molecule has 7 nitrogen and oxygen atoms in total. The molecule has 9 heteroatoms. The Balaban J connectivity index is 0.000000556. The first-order valence-corrected chi connectivity index (χ1v) is 12.5. The highest BCUT2D eigenvalue weighted by molar-refractivity contribution is 7.22. The first kappa shape index (κ1) is 25.8. The SMILES string of the molecule is CC(C)(C)O.Cc1cc2nc(-c3ccc4c(cnn4C)n3)sc2c(-c2ccc(Cl)cc2)c1CC(=O)O. The zero-order valence-corrected chi connectivity index (χ0v) is 22.3. The lowest BCUT2D eigenvalue weighted by Gasteiger charge is -2.13. The fourth-order valence-electron chi connectivity index (χ4n) is 3.80. The van der Waals surface area contributed by atoms with E-state index in [1.807, 2.05) is 56.4 Å². The van der Waals surface area contributed by atoms with Gasteiger partial charge in [0.1, 0.15) is 10.5 Å². The number of hydrogen-bond acceptors (Lipinski definition) is 6. The molecule has 3 heterocycles. The molecule has 0 fully saturated rings. The van der Waals surface area contributed by atoms with E-state index in [2.05, 4.69) is 5.10 Å². The van der Waals surface area contributed by atoms with Gasteiger partial charge in [-0.3, -0.25) is 9.48 Å². The quantitative estimate of drug-likeness (QED) is 0.288. The molecule has 0 radical (unpaired) electrons. The highest BCUT2D eigenvalue weighted by atomic mass is 35.5. The molecular weight excluding hydrogens is 496 g/mol. The minimum Gasteiger partial charge on any atom is -0.481 e. The highest BCUT2D eigenvalue weighted by Crippen LogP contribution is 2.40. The van der Waals surface area contributed by atoms with E-state index in [4.69, 9.17) is 26.7 Å². The van der Waals surface area contributed by atoms with Gasteiger partial charge in [0, 0.05) is 17.6 Å². The van der Waals surface area contributed by atoms with Crippen LogP contribution in [-0.2, 0) is 18.3 Å². The van der Waals surface area contributed by atoms with Gasteiger partial charge < -0.3 is 10.2 Å². The molecule has 0 spiro atoms. The van der Waals surface area contributed by atoms with Crippen molar-refractivity contribution in [1.29, 1.82) is 0 Å². The number of carboxylic acid groups (broad SMARTS) is 1. The zero-order chi connectivity index (χ0) is 26.2. The van der Waals surface area contributed by atoms with Gasteiger partial charge in [-0.05, 0) is 74.7 Å². The third-order valence-electron chi connectivity index (χ3n) is 5.30. The molecule has 36 heavy (non-hydrogen) atoms. The predicted octanol–water partition coefficient (Wildman–Crippen LogP) is 6.28. The van der Waals surface area contributed by atoms with Crippen LogP contribution < -0.4 is 0 Å². The van der Waals surface area contributed by atoms with Crippen LogP contribution in [-0.4, -0.2) is 41.5 Å². The van der Waals surface area contributed by atoms with E-state index < -0.39 is 11.6 Å². The Hall–Kier alpha value is -3.33. The molecule has 3 aromatic heterocycles. The zero-order valence-electron chi connectivity index (χ0n) is 20.7. The van der Waals surface area contributed by atoms with Gasteiger partial charge in [0.2, 0.25) is 0 Å². The molecule has 0 bridgehead atoms. The van der Waals surface area contributed by atoms with Gasteiger partial charge in [-0.25, -0.2) is 9.97 Å². The van der Waals surface area contributed by atoms with Crippen LogP contribution in [0.5, 0.6) is 0 Å². The molecule has 5 aromatic rings. The number of hydrogen-bond donors (Lipinski definition) is 2. The number of thiazole rings is 1. The van der Waals surface area contributed by atoms with Gasteiger partial charge >= 0.3 is 5.97 Å². The fourth-order valence-corrected chi connectivity index (χ4v) is 5.04. The predicted molar refractivity (Wildman–Crippen MR) is 146 cm³/mol. The number of benzene rings is 2. The Morgan fingerprint density at radius 2 is 1.75 bits per heavy atom. The second-order valence-electron chi connectivity index (χ2n) is 9.53. The summed E-state index contributed by atoms with van der Waals surface area (Å²) in [5, 5.41) is 23.7. The monoisotopic (exact) mass is 522 g/mol. The number of carbonyl (C=O) groups is 1. The van der Waals surface area contributed by atoms with Gasteiger partial charge in [-0.2, -0.15) is 5.10 Å². The van der Waals surface area contributed by atoms with Crippen LogP contribution in [0.25, 0.3) is 43.1 Å². The number of aromatic nitrogens is 4. The summed E-state index contributed by atoms with van der Waals surface area (Å²) in [6.45, 7) is 7.16. The van der Waals surface area contributed by atoms with Crippen LogP contribution in [0.3, 0.4) is 0 Å². The summed E-state index contributed by atoms with van der Waals surface area (Å²) in [6, 6.07) is 13.3. The topological polar surface area (TPSA) is 101 Å². The number of rotatable bonds is 4. The smallest absolute Gasteiger partial charge is 0.307 e. The van der Waals surface area contributed by atoms with E-state index in [0.717, 1.165) is 54.2 Å². The minimum atomic E-state index is -0.869. The molecule has 0 unspecified atom stereocenters. The van der Waals surface area contributed by atoms with Crippen molar-refractivity contribution in [3.05, 3.63) is 64.8 Å². The van der Waals surface area contributed by atoms with Crippen LogP contribution in [0.2, 0.25) is 5.02 Å². The summed E-state index contributed by atoms with van der Waals surface area (Å²) in [4.78, 5) is 21.2. The van der Waals surface area contributed by atoms with Crippen LogP contribution in [0.4, 0.5) is 0 Å². The highest BCUT2D eigenvalue weighted by Gasteiger charge is 2.20. The van der Waals surface area contributed by atoms with Crippen molar-refractivity contribution in [2.75, 3.05) is 0 Å². The minimum absolute atomic E-state index is 0.0626. The molecule has 0 aliphatic heterocycles. The summed E-state index contributed by atoms with van der Waals surface area (Å²) < 4.78 is 2.72. The van der Waals surface area contributed by atoms with Crippen molar-refractivity contribution in [3.63, 3.8) is 0 Å². The van der Waals surface area contributed by atoms with Crippen LogP contribution >= 0.6 is 22.9 Å². The number of aliphatic carboxylic acids is 1. The standard InChI is InChI=1S/C23H17ClN4O2S.C4H10O/c1-12-9-17-22(21(15(12)10-20(29)30)13-3-5-14(24)6-4-13)31-23(27-17)16-7-8-19-18(26-16)11-25-28(19)2;1-4(2,3)5/h3-9,11H,10H2,1-2H3,(H,29,30);5H,1-3H3. The van der Waals surface area contributed by atoms with Crippen molar-refractivity contribution < 1.29 is 15.0 Å². The first-order valence-electron chi connectivity index (χ1n) is 11.3. The maximum absolute atomic E-state index is 11.6. The average Bonchev–Trinajstić information content (AvgIpc) is 3.37. The Morgan fingerprint density at radius 1 is 1.08 bits per heavy atom.